The number of carbonyl (C=O) groups excluding carboxylic acids is 1. The van der Waals surface area contributed by atoms with Gasteiger partial charge < -0.3 is 10.2 Å². The van der Waals surface area contributed by atoms with Crippen molar-refractivity contribution in [1.29, 1.82) is 0 Å². The van der Waals surface area contributed by atoms with E-state index in [0.29, 0.717) is 13.0 Å². The summed E-state index contributed by atoms with van der Waals surface area (Å²) in [6, 6.07) is 8.21. The smallest absolute Gasteiger partial charge is 0.227 e. The van der Waals surface area contributed by atoms with Gasteiger partial charge in [0.05, 0.1) is 0 Å². The van der Waals surface area contributed by atoms with Crippen LogP contribution in [0, 0.1) is 0 Å². The van der Waals surface area contributed by atoms with E-state index in [0.717, 1.165) is 5.69 Å². The Labute approximate surface area is 122 Å². The summed E-state index contributed by atoms with van der Waals surface area (Å²) >= 11 is 0. The Morgan fingerprint density at radius 3 is 2.16 bits per heavy atom. The number of nitrogens with one attached hydrogen (secondary N) is 1. The molecule has 0 saturated carbocycles. The number of amides is 1. The van der Waals surface area contributed by atoms with Crippen LogP contribution in [0.2, 0.25) is 0 Å². The van der Waals surface area contributed by atoms with Gasteiger partial charge in [-0.25, -0.2) is 0 Å². The van der Waals surface area contributed by atoms with Crippen LogP contribution < -0.4 is 10.2 Å². The Kier molecular flexibility index (Phi) is 7.09. The molecule has 0 aliphatic heterocycles. The van der Waals surface area contributed by atoms with Gasteiger partial charge in [-0.05, 0) is 30.2 Å². The van der Waals surface area contributed by atoms with Crippen LogP contribution in [0.5, 0.6) is 0 Å². The molecule has 0 spiro atoms. The lowest BCUT2D eigenvalue weighted by Crippen LogP contribution is -2.28. The molecular weight excluding hydrogens is 260 g/mol. The molecule has 1 aromatic rings. The molecule has 0 atom stereocenters. The molecule has 1 amide bonds. The van der Waals surface area contributed by atoms with Gasteiger partial charge >= 0.3 is 0 Å². The molecule has 4 heteroatoms. The molecule has 1 aromatic carbocycles. The van der Waals surface area contributed by atoms with Gasteiger partial charge in [-0.3, -0.25) is 4.79 Å². The molecule has 108 valence electrons. The topological polar surface area (TPSA) is 32.3 Å². The number of anilines is 1. The summed E-state index contributed by atoms with van der Waals surface area (Å²) in [5.74, 6) is 0.132. The molecule has 0 unspecified atom stereocenters. The van der Waals surface area contributed by atoms with E-state index in [-0.39, 0.29) is 23.7 Å². The fraction of sp³-hybridized carbons (Fsp3) is 0.533. The average molecular weight is 285 g/mol. The summed E-state index contributed by atoms with van der Waals surface area (Å²) in [4.78, 5) is 13.6. The van der Waals surface area contributed by atoms with E-state index in [9.17, 15) is 4.79 Å². The third-order valence-electron chi connectivity index (χ3n) is 3.08. The van der Waals surface area contributed by atoms with Crippen molar-refractivity contribution < 1.29 is 4.79 Å². The van der Waals surface area contributed by atoms with Crippen molar-refractivity contribution in [2.45, 2.75) is 32.6 Å². The van der Waals surface area contributed by atoms with E-state index < -0.39 is 0 Å². The van der Waals surface area contributed by atoms with E-state index in [1.165, 1.54) is 5.56 Å². The lowest BCUT2D eigenvalue weighted by Gasteiger charge is -2.22. The number of carbonyl (C=O) groups is 1. The van der Waals surface area contributed by atoms with Crippen LogP contribution >= 0.6 is 12.4 Å². The highest BCUT2D eigenvalue weighted by Crippen LogP contribution is 2.24. The van der Waals surface area contributed by atoms with Crippen LogP contribution in [-0.4, -0.2) is 26.5 Å². The molecule has 0 bridgehead atoms. The molecule has 1 N–H and O–H groups in total. The zero-order valence-corrected chi connectivity index (χ0v) is 13.3. The Balaban J connectivity index is 0.00000324. The molecule has 3 nitrogen and oxygen atoms in total. The van der Waals surface area contributed by atoms with E-state index in [4.69, 9.17) is 0 Å². The average Bonchev–Trinajstić information content (AvgIpc) is 2.34. The molecule has 0 heterocycles. The summed E-state index contributed by atoms with van der Waals surface area (Å²) < 4.78 is 0. The minimum atomic E-state index is 0. The lowest BCUT2D eigenvalue weighted by atomic mass is 9.87. The van der Waals surface area contributed by atoms with E-state index in [1.807, 2.05) is 26.2 Å². The van der Waals surface area contributed by atoms with Crippen LogP contribution in [0.25, 0.3) is 0 Å². The molecular formula is C15H25ClN2O. The number of hydrogen-bond donors (Lipinski definition) is 1. The van der Waals surface area contributed by atoms with Crippen molar-refractivity contribution in [3.05, 3.63) is 29.8 Å². The molecule has 0 aliphatic carbocycles. The molecule has 19 heavy (non-hydrogen) atoms. The SMILES string of the molecule is CNCCC(=O)N(C)c1ccc(C(C)(C)C)cc1.Cl. The molecule has 0 radical (unpaired) electrons. The second-order valence-electron chi connectivity index (χ2n) is 5.60. The first-order valence-corrected chi connectivity index (χ1v) is 6.38. The summed E-state index contributed by atoms with van der Waals surface area (Å²) in [6.07, 6.45) is 0.522. The Morgan fingerprint density at radius 1 is 1.21 bits per heavy atom. The fourth-order valence-electron chi connectivity index (χ4n) is 1.73. The second-order valence-corrected chi connectivity index (χ2v) is 5.60. The van der Waals surface area contributed by atoms with Gasteiger partial charge in [0.2, 0.25) is 5.91 Å². The minimum Gasteiger partial charge on any atom is -0.319 e. The molecule has 0 aromatic heterocycles. The maximum absolute atomic E-state index is 11.9. The predicted molar refractivity (Wildman–Crippen MR) is 84.3 cm³/mol. The number of hydrogen-bond acceptors (Lipinski definition) is 2. The molecule has 0 saturated heterocycles. The van der Waals surface area contributed by atoms with Gasteiger partial charge in [-0.1, -0.05) is 32.9 Å². The van der Waals surface area contributed by atoms with E-state index in [2.05, 4.69) is 38.2 Å². The maximum Gasteiger partial charge on any atom is 0.227 e. The zero-order chi connectivity index (χ0) is 13.8. The highest BCUT2D eigenvalue weighted by Gasteiger charge is 2.15. The highest BCUT2D eigenvalue weighted by atomic mass is 35.5. The number of benzene rings is 1. The van der Waals surface area contributed by atoms with Crippen LogP contribution in [-0.2, 0) is 10.2 Å². The quantitative estimate of drug-likeness (QED) is 0.922. The Morgan fingerprint density at radius 2 is 1.74 bits per heavy atom. The third kappa shape index (κ3) is 5.21. The third-order valence-corrected chi connectivity index (χ3v) is 3.08. The summed E-state index contributed by atoms with van der Waals surface area (Å²) in [5.41, 5.74) is 2.37. The van der Waals surface area contributed by atoms with Crippen LogP contribution in [0.15, 0.2) is 24.3 Å². The monoisotopic (exact) mass is 284 g/mol. The first-order chi connectivity index (χ1) is 8.36. The normalized spacial score (nSPS) is 10.8. The van der Waals surface area contributed by atoms with Crippen LogP contribution in [0.3, 0.4) is 0 Å². The van der Waals surface area contributed by atoms with Crippen molar-refractivity contribution in [3.63, 3.8) is 0 Å². The van der Waals surface area contributed by atoms with Crippen molar-refractivity contribution >= 4 is 24.0 Å². The standard InChI is InChI=1S/C15H24N2O.ClH/c1-15(2,3)12-6-8-13(9-7-12)17(5)14(18)10-11-16-4;/h6-9,16H,10-11H2,1-5H3;1H. The predicted octanol–water partition coefficient (Wildman–Crippen LogP) is 2.98. The van der Waals surface area contributed by atoms with Crippen molar-refractivity contribution in [3.8, 4) is 0 Å². The van der Waals surface area contributed by atoms with Gasteiger partial charge in [-0.2, -0.15) is 0 Å². The van der Waals surface area contributed by atoms with Crippen molar-refractivity contribution in [2.24, 2.45) is 0 Å². The first kappa shape index (κ1) is 17.9. The fourth-order valence-corrected chi connectivity index (χ4v) is 1.73. The number of rotatable bonds is 4. The molecule has 1 rings (SSSR count). The van der Waals surface area contributed by atoms with E-state index >= 15 is 0 Å². The summed E-state index contributed by atoms with van der Waals surface area (Å²) in [6.45, 7) is 7.26. The Hall–Kier alpha value is -1.06. The van der Waals surface area contributed by atoms with Crippen molar-refractivity contribution in [2.75, 3.05) is 25.5 Å². The van der Waals surface area contributed by atoms with Gasteiger partial charge in [0.1, 0.15) is 0 Å². The minimum absolute atomic E-state index is 0. The maximum atomic E-state index is 11.9. The zero-order valence-electron chi connectivity index (χ0n) is 12.5. The van der Waals surface area contributed by atoms with Gasteiger partial charge in [0.15, 0.2) is 0 Å². The van der Waals surface area contributed by atoms with Gasteiger partial charge in [0.25, 0.3) is 0 Å². The first-order valence-electron chi connectivity index (χ1n) is 6.38. The second kappa shape index (κ2) is 7.51. The number of nitrogens with zero attached hydrogens (tertiary/aromatic N) is 1. The summed E-state index contributed by atoms with van der Waals surface area (Å²) in [7, 11) is 3.68. The Bertz CT molecular complexity index is 396. The van der Waals surface area contributed by atoms with Gasteiger partial charge in [0, 0.05) is 25.7 Å². The number of halogens is 1. The van der Waals surface area contributed by atoms with Crippen molar-refractivity contribution in [1.82, 2.24) is 5.32 Å². The largest absolute Gasteiger partial charge is 0.319 e. The van der Waals surface area contributed by atoms with Crippen LogP contribution in [0.1, 0.15) is 32.8 Å². The van der Waals surface area contributed by atoms with Crippen LogP contribution in [0.4, 0.5) is 5.69 Å². The molecule has 0 aliphatic rings. The highest BCUT2D eigenvalue weighted by molar-refractivity contribution is 5.92. The van der Waals surface area contributed by atoms with E-state index in [1.54, 1.807) is 4.90 Å². The summed E-state index contributed by atoms with van der Waals surface area (Å²) in [5, 5.41) is 2.99. The lowest BCUT2D eigenvalue weighted by molar-refractivity contribution is -0.118. The van der Waals surface area contributed by atoms with Gasteiger partial charge in [-0.15, -0.1) is 12.4 Å². The molecule has 0 fully saturated rings.